The first-order valence-corrected chi connectivity index (χ1v) is 7.06. The van der Waals surface area contributed by atoms with Gasteiger partial charge >= 0.3 is 5.97 Å². The fourth-order valence-corrected chi connectivity index (χ4v) is 2.75. The number of thiazole rings is 1. The van der Waals surface area contributed by atoms with Crippen molar-refractivity contribution < 1.29 is 14.3 Å². The summed E-state index contributed by atoms with van der Waals surface area (Å²) in [4.78, 5) is 29.8. The molecule has 1 rings (SSSR count). The monoisotopic (exact) mass is 284 g/mol. The molecular weight excluding hydrogens is 264 g/mol. The van der Waals surface area contributed by atoms with E-state index in [1.807, 2.05) is 11.9 Å². The predicted octanol–water partition coefficient (Wildman–Crippen LogP) is 2.76. The fourth-order valence-electron chi connectivity index (χ4n) is 1.73. The van der Waals surface area contributed by atoms with Gasteiger partial charge in [0, 0.05) is 20.0 Å². The number of carbonyl (C=O) groups excluding carboxylic acids is 2. The average molecular weight is 284 g/mol. The zero-order chi connectivity index (χ0) is 14.6. The van der Waals surface area contributed by atoms with Crippen LogP contribution in [-0.2, 0) is 4.74 Å². The highest BCUT2D eigenvalue weighted by Crippen LogP contribution is 2.28. The van der Waals surface area contributed by atoms with Crippen LogP contribution in [0.3, 0.4) is 0 Å². The van der Waals surface area contributed by atoms with E-state index in [9.17, 15) is 9.59 Å². The van der Waals surface area contributed by atoms with Crippen molar-refractivity contribution in [1.82, 2.24) is 4.98 Å². The Kier molecular flexibility index (Phi) is 5.47. The van der Waals surface area contributed by atoms with E-state index in [4.69, 9.17) is 0 Å². The third-order valence-corrected chi connectivity index (χ3v) is 4.23. The van der Waals surface area contributed by atoms with Crippen LogP contribution in [-0.4, -0.2) is 36.9 Å². The van der Waals surface area contributed by atoms with Gasteiger partial charge in [-0.05, 0) is 13.3 Å². The highest BCUT2D eigenvalue weighted by atomic mass is 32.1. The lowest BCUT2D eigenvalue weighted by atomic mass is 10.2. The standard InChI is InChI=1S/C13H20N2O3S/c1-6-7-8(2)15(4)13-14-10(12(17)18-5)11(19-13)9(3)16/h8H,6-7H2,1-5H3. The molecule has 0 saturated heterocycles. The first-order chi connectivity index (χ1) is 8.92. The number of rotatable bonds is 6. The molecule has 0 saturated carbocycles. The number of hydrogen-bond donors (Lipinski definition) is 0. The number of ether oxygens (including phenoxy) is 1. The molecule has 0 fully saturated rings. The Morgan fingerprint density at radius 1 is 1.47 bits per heavy atom. The van der Waals surface area contributed by atoms with Crippen molar-refractivity contribution in [1.29, 1.82) is 0 Å². The van der Waals surface area contributed by atoms with Crippen molar-refractivity contribution in [3.8, 4) is 0 Å². The van der Waals surface area contributed by atoms with Crippen molar-refractivity contribution in [2.24, 2.45) is 0 Å². The zero-order valence-electron chi connectivity index (χ0n) is 12.0. The van der Waals surface area contributed by atoms with E-state index < -0.39 is 5.97 Å². The fraction of sp³-hybridized carbons (Fsp3) is 0.615. The molecule has 0 aliphatic carbocycles. The Balaban J connectivity index is 3.10. The maximum Gasteiger partial charge on any atom is 0.358 e. The van der Waals surface area contributed by atoms with Crippen LogP contribution >= 0.6 is 11.3 Å². The number of carbonyl (C=O) groups is 2. The van der Waals surface area contributed by atoms with E-state index >= 15 is 0 Å². The van der Waals surface area contributed by atoms with E-state index in [0.29, 0.717) is 16.1 Å². The number of ketones is 1. The van der Waals surface area contributed by atoms with E-state index in [1.54, 1.807) is 0 Å². The van der Waals surface area contributed by atoms with Gasteiger partial charge in [0.15, 0.2) is 16.6 Å². The van der Waals surface area contributed by atoms with E-state index in [-0.39, 0.29) is 11.5 Å². The third kappa shape index (κ3) is 3.53. The lowest BCUT2D eigenvalue weighted by Crippen LogP contribution is -2.28. The second-order valence-electron chi connectivity index (χ2n) is 4.47. The smallest absolute Gasteiger partial charge is 0.358 e. The van der Waals surface area contributed by atoms with Crippen LogP contribution in [0, 0.1) is 0 Å². The first kappa shape index (κ1) is 15.6. The van der Waals surface area contributed by atoms with Gasteiger partial charge in [0.1, 0.15) is 4.88 Å². The average Bonchev–Trinajstić information content (AvgIpc) is 2.82. The molecule has 0 amide bonds. The summed E-state index contributed by atoms with van der Waals surface area (Å²) in [6, 6.07) is 0.307. The van der Waals surface area contributed by atoms with Crippen LogP contribution in [0.25, 0.3) is 0 Å². The molecule has 0 bridgehead atoms. The Morgan fingerprint density at radius 2 is 2.11 bits per heavy atom. The number of aromatic nitrogens is 1. The van der Waals surface area contributed by atoms with Crippen molar-refractivity contribution in [2.75, 3.05) is 19.1 Å². The second kappa shape index (κ2) is 6.65. The molecule has 5 nitrogen and oxygen atoms in total. The lowest BCUT2D eigenvalue weighted by molar-refractivity contribution is 0.0591. The summed E-state index contributed by atoms with van der Waals surface area (Å²) in [6.07, 6.45) is 2.10. The SMILES string of the molecule is CCCC(C)N(C)c1nc(C(=O)OC)c(C(C)=O)s1. The normalized spacial score (nSPS) is 12.1. The first-order valence-electron chi connectivity index (χ1n) is 6.25. The van der Waals surface area contributed by atoms with Crippen molar-refractivity contribution in [3.63, 3.8) is 0 Å². The minimum atomic E-state index is -0.566. The number of Topliss-reactive ketones (excluding diaryl/α,β-unsaturated/α-hetero) is 1. The maximum atomic E-state index is 11.6. The van der Waals surface area contributed by atoms with Gasteiger partial charge in [-0.15, -0.1) is 0 Å². The molecule has 19 heavy (non-hydrogen) atoms. The summed E-state index contributed by atoms with van der Waals surface area (Å²) in [7, 11) is 3.21. The van der Waals surface area contributed by atoms with Gasteiger partial charge in [-0.3, -0.25) is 4.79 Å². The van der Waals surface area contributed by atoms with Crippen molar-refractivity contribution in [2.45, 2.75) is 39.7 Å². The molecule has 6 heteroatoms. The molecule has 1 aromatic rings. The number of esters is 1. The van der Waals surface area contributed by atoms with E-state index in [2.05, 4.69) is 23.6 Å². The quantitative estimate of drug-likeness (QED) is 0.594. The number of anilines is 1. The van der Waals surface area contributed by atoms with Gasteiger partial charge in [-0.2, -0.15) is 0 Å². The van der Waals surface area contributed by atoms with Crippen molar-refractivity contribution in [3.05, 3.63) is 10.6 Å². The van der Waals surface area contributed by atoms with Crippen LogP contribution in [0.1, 0.15) is 53.8 Å². The topological polar surface area (TPSA) is 59.5 Å². The van der Waals surface area contributed by atoms with Gasteiger partial charge < -0.3 is 9.64 Å². The summed E-state index contributed by atoms with van der Waals surface area (Å²) in [5, 5.41) is 0.673. The molecule has 0 radical (unpaired) electrons. The molecule has 0 spiro atoms. The van der Waals surface area contributed by atoms with Crippen LogP contribution in [0.5, 0.6) is 0 Å². The van der Waals surface area contributed by atoms with Crippen LogP contribution in [0.2, 0.25) is 0 Å². The third-order valence-electron chi connectivity index (χ3n) is 2.98. The summed E-state index contributed by atoms with van der Waals surface area (Å²) in [5.41, 5.74) is 0.116. The van der Waals surface area contributed by atoms with E-state index in [0.717, 1.165) is 12.8 Å². The van der Waals surface area contributed by atoms with E-state index in [1.165, 1.54) is 25.4 Å². The van der Waals surface area contributed by atoms with Crippen molar-refractivity contribution >= 4 is 28.2 Å². The molecule has 106 valence electrons. The zero-order valence-corrected chi connectivity index (χ0v) is 12.8. The maximum absolute atomic E-state index is 11.6. The van der Waals surface area contributed by atoms with Crippen LogP contribution in [0.4, 0.5) is 5.13 Å². The van der Waals surface area contributed by atoms with Gasteiger partial charge in [0.25, 0.3) is 0 Å². The summed E-state index contributed by atoms with van der Waals surface area (Å²) in [5.74, 6) is -0.732. The number of nitrogens with zero attached hydrogens (tertiary/aromatic N) is 2. The largest absolute Gasteiger partial charge is 0.464 e. The molecular formula is C13H20N2O3S. The summed E-state index contributed by atoms with van der Waals surface area (Å²) < 4.78 is 4.66. The highest BCUT2D eigenvalue weighted by Gasteiger charge is 2.24. The van der Waals surface area contributed by atoms with Crippen LogP contribution < -0.4 is 4.90 Å². The Morgan fingerprint density at radius 3 is 2.58 bits per heavy atom. The number of hydrogen-bond acceptors (Lipinski definition) is 6. The lowest BCUT2D eigenvalue weighted by Gasteiger charge is -2.23. The van der Waals surface area contributed by atoms with Gasteiger partial charge in [0.2, 0.25) is 0 Å². The van der Waals surface area contributed by atoms with Gasteiger partial charge in [-0.1, -0.05) is 24.7 Å². The number of methoxy groups -OCH3 is 1. The molecule has 1 heterocycles. The highest BCUT2D eigenvalue weighted by molar-refractivity contribution is 7.17. The molecule has 0 N–H and O–H groups in total. The minimum absolute atomic E-state index is 0.116. The Hall–Kier alpha value is -1.43. The summed E-state index contributed by atoms with van der Waals surface area (Å²) >= 11 is 1.24. The molecule has 0 aliphatic rings. The summed E-state index contributed by atoms with van der Waals surface area (Å²) in [6.45, 7) is 5.64. The van der Waals surface area contributed by atoms with Crippen LogP contribution in [0.15, 0.2) is 0 Å². The van der Waals surface area contributed by atoms with Gasteiger partial charge in [0.05, 0.1) is 7.11 Å². The Bertz CT molecular complexity index is 470. The Labute approximate surface area is 117 Å². The van der Waals surface area contributed by atoms with Gasteiger partial charge in [-0.25, -0.2) is 9.78 Å². The molecule has 1 unspecified atom stereocenters. The molecule has 0 aromatic carbocycles. The molecule has 1 atom stereocenters. The molecule has 0 aliphatic heterocycles. The molecule has 1 aromatic heterocycles. The predicted molar refractivity (Wildman–Crippen MR) is 76.2 cm³/mol. The minimum Gasteiger partial charge on any atom is -0.464 e. The second-order valence-corrected chi connectivity index (χ2v) is 5.45.